The largest absolute Gasteiger partial charge is 1.00 e. The van der Waals surface area contributed by atoms with Crippen molar-refractivity contribution in [2.75, 3.05) is 6.16 Å². The Morgan fingerprint density at radius 1 is 1.00 bits per heavy atom. The standard InChI is InChI=1S/C10H23P.HI/c1-4-5-6-7-8-9-11-10(2)3;/h10-11H,4-9H2,1-3H3;1H. The summed E-state index contributed by atoms with van der Waals surface area (Å²) in [7, 11) is 0.756. The molecular weight excluding hydrogens is 278 g/mol. The topological polar surface area (TPSA) is 0 Å². The smallest absolute Gasteiger partial charge is 0.0596 e. The van der Waals surface area contributed by atoms with Crippen molar-refractivity contribution in [3.05, 3.63) is 0 Å². The van der Waals surface area contributed by atoms with Gasteiger partial charge in [-0.3, -0.25) is 0 Å². The Bertz CT molecular complexity index is 74.2. The number of rotatable bonds is 7. The Labute approximate surface area is 97.1 Å². The van der Waals surface area contributed by atoms with Crippen LogP contribution in [0.3, 0.4) is 0 Å². The molecule has 0 radical (unpaired) electrons. The first kappa shape index (κ1) is 15.6. The van der Waals surface area contributed by atoms with Crippen LogP contribution in [0.25, 0.3) is 0 Å². The maximum atomic E-state index is 2.35. The highest BCUT2D eigenvalue weighted by Crippen LogP contribution is 2.19. The monoisotopic (exact) mass is 302 g/mol. The van der Waals surface area contributed by atoms with E-state index < -0.39 is 0 Å². The third-order valence-corrected chi connectivity index (χ3v) is 3.63. The van der Waals surface area contributed by atoms with Gasteiger partial charge in [0.1, 0.15) is 0 Å². The van der Waals surface area contributed by atoms with Gasteiger partial charge in [0.15, 0.2) is 0 Å². The van der Waals surface area contributed by atoms with Gasteiger partial charge in [-0.2, -0.15) is 0 Å². The Hall–Kier alpha value is 1.16. The predicted molar refractivity (Wildman–Crippen MR) is 58.5 cm³/mol. The molecule has 0 aromatic carbocycles. The second-order valence-corrected chi connectivity index (χ2v) is 6.06. The molecule has 0 saturated heterocycles. The number of hydrogen-bond donors (Lipinski definition) is 0. The molecule has 2 heteroatoms. The first-order valence-electron chi connectivity index (χ1n) is 5.10. The quantitative estimate of drug-likeness (QED) is 0.370. The van der Waals surface area contributed by atoms with Gasteiger partial charge < -0.3 is 24.0 Å². The molecule has 0 aliphatic carbocycles. The van der Waals surface area contributed by atoms with Crippen LogP contribution in [-0.2, 0) is 0 Å². The van der Waals surface area contributed by atoms with Crippen LogP contribution in [0.5, 0.6) is 0 Å². The molecule has 0 bridgehead atoms. The van der Waals surface area contributed by atoms with E-state index in [1.165, 1.54) is 38.3 Å². The fraction of sp³-hybridized carbons (Fsp3) is 1.00. The van der Waals surface area contributed by atoms with Crippen molar-refractivity contribution in [2.24, 2.45) is 0 Å². The van der Waals surface area contributed by atoms with Gasteiger partial charge in [0.2, 0.25) is 0 Å². The van der Waals surface area contributed by atoms with Crippen LogP contribution in [0, 0.1) is 0 Å². The zero-order valence-electron chi connectivity index (χ0n) is 8.78. The van der Waals surface area contributed by atoms with E-state index in [1.807, 2.05) is 0 Å². The minimum absolute atomic E-state index is 0. The van der Waals surface area contributed by atoms with Crippen LogP contribution in [0.4, 0.5) is 0 Å². The maximum Gasteiger partial charge on any atom is 0.0596 e. The van der Waals surface area contributed by atoms with E-state index >= 15 is 0 Å². The van der Waals surface area contributed by atoms with Crippen molar-refractivity contribution in [3.8, 4) is 0 Å². The summed E-state index contributed by atoms with van der Waals surface area (Å²) in [5.41, 5.74) is 0.987. The van der Waals surface area contributed by atoms with Crippen LogP contribution in [0.15, 0.2) is 0 Å². The lowest BCUT2D eigenvalue weighted by Gasteiger charge is -1.98. The summed E-state index contributed by atoms with van der Waals surface area (Å²) in [5, 5.41) is 0. The lowest BCUT2D eigenvalue weighted by molar-refractivity contribution is -0.00000255. The summed E-state index contributed by atoms with van der Waals surface area (Å²) in [4.78, 5) is 0. The zero-order chi connectivity index (χ0) is 8.53. The fourth-order valence-electron chi connectivity index (χ4n) is 1.20. The number of halogens is 1. The van der Waals surface area contributed by atoms with Crippen molar-refractivity contribution >= 4 is 8.58 Å². The molecule has 1 unspecified atom stereocenters. The summed E-state index contributed by atoms with van der Waals surface area (Å²) >= 11 is 0. The van der Waals surface area contributed by atoms with Gasteiger partial charge >= 0.3 is 0 Å². The maximum absolute atomic E-state index is 2.35. The highest BCUT2D eigenvalue weighted by molar-refractivity contribution is 7.38. The Morgan fingerprint density at radius 2 is 1.58 bits per heavy atom. The van der Waals surface area contributed by atoms with Gasteiger partial charge in [-0.1, -0.05) is 26.2 Å². The number of unbranched alkanes of at least 4 members (excludes halogenated alkanes) is 4. The number of hydrogen-bond acceptors (Lipinski definition) is 0. The van der Waals surface area contributed by atoms with E-state index in [1.54, 1.807) is 0 Å². The van der Waals surface area contributed by atoms with E-state index in [9.17, 15) is 0 Å². The van der Waals surface area contributed by atoms with Crippen molar-refractivity contribution < 1.29 is 24.0 Å². The Morgan fingerprint density at radius 3 is 2.08 bits per heavy atom. The van der Waals surface area contributed by atoms with Crippen LogP contribution in [0.1, 0.15) is 52.9 Å². The van der Waals surface area contributed by atoms with Gasteiger partial charge in [-0.05, 0) is 35.3 Å². The third-order valence-electron chi connectivity index (χ3n) is 1.95. The molecule has 0 spiro atoms. The molecule has 1 atom stereocenters. The van der Waals surface area contributed by atoms with Crippen molar-refractivity contribution in [3.63, 3.8) is 0 Å². The van der Waals surface area contributed by atoms with E-state index in [4.69, 9.17) is 0 Å². The normalized spacial score (nSPS) is 11.0. The van der Waals surface area contributed by atoms with E-state index in [0.717, 1.165) is 14.2 Å². The molecule has 0 aromatic rings. The predicted octanol–water partition coefficient (Wildman–Crippen LogP) is 0.780. The molecule has 0 aliphatic rings. The molecule has 12 heavy (non-hydrogen) atoms. The van der Waals surface area contributed by atoms with E-state index in [2.05, 4.69) is 20.8 Å². The molecule has 0 aliphatic heterocycles. The summed E-state index contributed by atoms with van der Waals surface area (Å²) < 4.78 is 0. The van der Waals surface area contributed by atoms with Gasteiger partial charge in [0, 0.05) is 0 Å². The van der Waals surface area contributed by atoms with Gasteiger partial charge in [0.05, 0.1) is 11.8 Å². The van der Waals surface area contributed by atoms with Crippen LogP contribution < -0.4 is 24.0 Å². The van der Waals surface area contributed by atoms with Crippen LogP contribution in [-0.4, -0.2) is 11.8 Å². The van der Waals surface area contributed by atoms with E-state index in [0.29, 0.717) is 0 Å². The summed E-state index contributed by atoms with van der Waals surface area (Å²) in [5.74, 6) is 0. The minimum atomic E-state index is 0. The second kappa shape index (κ2) is 12.2. The first-order valence-corrected chi connectivity index (χ1v) is 6.59. The summed E-state index contributed by atoms with van der Waals surface area (Å²) in [6.45, 7) is 6.97. The molecule has 0 amide bonds. The Balaban J connectivity index is 0. The molecule has 0 saturated carbocycles. The molecular formula is C10H24IP. The van der Waals surface area contributed by atoms with Gasteiger partial charge in [0.25, 0.3) is 0 Å². The van der Waals surface area contributed by atoms with Crippen molar-refractivity contribution in [2.45, 2.75) is 58.5 Å². The molecule has 0 heterocycles. The molecule has 76 valence electrons. The zero-order valence-corrected chi connectivity index (χ0v) is 12.1. The molecule has 0 N–H and O–H groups in total. The van der Waals surface area contributed by atoms with Crippen LogP contribution >= 0.6 is 8.58 Å². The minimum Gasteiger partial charge on any atom is -1.00 e. The second-order valence-electron chi connectivity index (χ2n) is 3.68. The summed E-state index contributed by atoms with van der Waals surface area (Å²) in [6.07, 6.45) is 8.78. The Kier molecular flexibility index (Phi) is 15.8. The van der Waals surface area contributed by atoms with Gasteiger partial charge in [-0.25, -0.2) is 0 Å². The molecule has 0 fully saturated rings. The molecule has 0 rings (SSSR count). The average Bonchev–Trinajstić information content (AvgIpc) is 1.96. The lowest BCUT2D eigenvalue weighted by atomic mass is 10.2. The van der Waals surface area contributed by atoms with Crippen LogP contribution in [0.2, 0.25) is 0 Å². The van der Waals surface area contributed by atoms with Crippen molar-refractivity contribution in [1.82, 2.24) is 0 Å². The summed E-state index contributed by atoms with van der Waals surface area (Å²) in [6, 6.07) is 0. The molecule has 0 aromatic heterocycles. The highest BCUT2D eigenvalue weighted by atomic mass is 127. The third kappa shape index (κ3) is 13.7. The first-order chi connectivity index (χ1) is 5.27. The fourth-order valence-corrected chi connectivity index (χ4v) is 2.39. The molecule has 0 nitrogen and oxygen atoms in total. The SMILES string of the molecule is CCCCCCC[PH2+]C(C)C.[I-]. The average molecular weight is 302 g/mol. The lowest BCUT2D eigenvalue weighted by Crippen LogP contribution is -3.00. The van der Waals surface area contributed by atoms with E-state index in [-0.39, 0.29) is 24.0 Å². The van der Waals surface area contributed by atoms with Gasteiger partial charge in [-0.15, -0.1) is 0 Å². The highest BCUT2D eigenvalue weighted by Gasteiger charge is 1.99. The van der Waals surface area contributed by atoms with Crippen molar-refractivity contribution in [1.29, 1.82) is 0 Å².